The van der Waals surface area contributed by atoms with Crippen LogP contribution in [0.5, 0.6) is 11.5 Å². The van der Waals surface area contributed by atoms with Crippen LogP contribution in [0.25, 0.3) is 0 Å². The lowest BCUT2D eigenvalue weighted by Crippen LogP contribution is -2.50. The first kappa shape index (κ1) is 23.3. The molecule has 1 aromatic heterocycles. The number of amides is 2. The van der Waals surface area contributed by atoms with Crippen LogP contribution in [0.2, 0.25) is 0 Å². The van der Waals surface area contributed by atoms with Gasteiger partial charge in [0.15, 0.2) is 6.10 Å². The van der Waals surface area contributed by atoms with Gasteiger partial charge in [0.2, 0.25) is 5.91 Å². The average Bonchev–Trinajstić information content (AvgIpc) is 2.86. The van der Waals surface area contributed by atoms with Crippen LogP contribution in [0.1, 0.15) is 30.0 Å². The molecule has 0 fully saturated rings. The Labute approximate surface area is 199 Å². The van der Waals surface area contributed by atoms with Gasteiger partial charge in [0.25, 0.3) is 5.91 Å². The fraction of sp³-hybridized carbons (Fsp3) is 0.296. The topological polar surface area (TPSA) is 72.0 Å². The predicted molar refractivity (Wildman–Crippen MR) is 130 cm³/mol. The number of methoxy groups -OCH3 is 1. The molecule has 4 rings (SSSR count). The van der Waals surface area contributed by atoms with Crippen LogP contribution in [-0.2, 0) is 22.7 Å². The summed E-state index contributed by atoms with van der Waals surface area (Å²) in [5, 5.41) is 0. The summed E-state index contributed by atoms with van der Waals surface area (Å²) in [6, 6.07) is 17.1. The molecule has 2 heterocycles. The standard InChI is InChI=1S/C27H29N3O4/c1-4-24-27(32)30(23-15-19(2)5-10-25(23)34-24)18-26(31)29(17-21-11-13-28-14-12-21)16-20-6-8-22(33-3)9-7-20/h5-15,24H,4,16-18H2,1-3H3. The fourth-order valence-corrected chi connectivity index (χ4v) is 3.98. The zero-order valence-corrected chi connectivity index (χ0v) is 19.7. The summed E-state index contributed by atoms with van der Waals surface area (Å²) in [7, 11) is 1.62. The number of benzene rings is 2. The molecule has 2 aromatic carbocycles. The van der Waals surface area contributed by atoms with Crippen LogP contribution in [0.3, 0.4) is 0 Å². The first-order chi connectivity index (χ1) is 16.5. The molecular weight excluding hydrogens is 430 g/mol. The van der Waals surface area contributed by atoms with Gasteiger partial charge in [-0.2, -0.15) is 0 Å². The van der Waals surface area contributed by atoms with Crippen LogP contribution < -0.4 is 14.4 Å². The number of aromatic nitrogens is 1. The Morgan fingerprint density at radius 1 is 1.06 bits per heavy atom. The summed E-state index contributed by atoms with van der Waals surface area (Å²) in [4.78, 5) is 34.2. The number of aryl methyl sites for hydroxylation is 1. The van der Waals surface area contributed by atoms with Gasteiger partial charge in [-0.25, -0.2) is 0 Å². The molecule has 0 aliphatic carbocycles. The largest absolute Gasteiger partial charge is 0.497 e. The Bertz CT molecular complexity index is 1150. The number of fused-ring (bicyclic) bond motifs is 1. The highest BCUT2D eigenvalue weighted by Gasteiger charge is 2.35. The van der Waals surface area contributed by atoms with Gasteiger partial charge in [0.05, 0.1) is 12.8 Å². The number of pyridine rings is 1. The minimum Gasteiger partial charge on any atom is -0.497 e. The van der Waals surface area contributed by atoms with E-state index in [1.54, 1.807) is 29.3 Å². The molecule has 1 aliphatic heterocycles. The highest BCUT2D eigenvalue weighted by atomic mass is 16.5. The van der Waals surface area contributed by atoms with Gasteiger partial charge < -0.3 is 14.4 Å². The number of ether oxygens (including phenoxy) is 2. The second-order valence-electron chi connectivity index (χ2n) is 8.36. The van der Waals surface area contributed by atoms with E-state index < -0.39 is 6.10 Å². The summed E-state index contributed by atoms with van der Waals surface area (Å²) in [5.74, 6) is 1.04. The molecule has 2 amide bonds. The van der Waals surface area contributed by atoms with Crippen molar-refractivity contribution in [3.05, 3.63) is 83.7 Å². The van der Waals surface area contributed by atoms with E-state index in [9.17, 15) is 9.59 Å². The molecule has 0 N–H and O–H groups in total. The lowest BCUT2D eigenvalue weighted by molar-refractivity contribution is -0.134. The zero-order valence-electron chi connectivity index (χ0n) is 19.7. The van der Waals surface area contributed by atoms with Crippen molar-refractivity contribution in [2.75, 3.05) is 18.6 Å². The van der Waals surface area contributed by atoms with Gasteiger partial charge in [-0.1, -0.05) is 25.1 Å². The Morgan fingerprint density at radius 3 is 2.38 bits per heavy atom. The number of hydrogen-bond donors (Lipinski definition) is 0. The molecule has 176 valence electrons. The van der Waals surface area contributed by atoms with E-state index in [4.69, 9.17) is 9.47 Å². The van der Waals surface area contributed by atoms with Crippen LogP contribution in [0.4, 0.5) is 5.69 Å². The molecule has 0 bridgehead atoms. The van der Waals surface area contributed by atoms with Crippen LogP contribution in [0, 0.1) is 6.92 Å². The predicted octanol–water partition coefficient (Wildman–Crippen LogP) is 4.13. The van der Waals surface area contributed by atoms with Crippen molar-refractivity contribution in [1.82, 2.24) is 9.88 Å². The van der Waals surface area contributed by atoms with Crippen LogP contribution in [0.15, 0.2) is 67.0 Å². The van der Waals surface area contributed by atoms with E-state index in [2.05, 4.69) is 4.98 Å². The SMILES string of the molecule is CCC1Oc2ccc(C)cc2N(CC(=O)N(Cc2ccncc2)Cc2ccc(OC)cc2)C1=O. The third kappa shape index (κ3) is 5.20. The highest BCUT2D eigenvalue weighted by Crippen LogP contribution is 2.35. The third-order valence-electron chi connectivity index (χ3n) is 5.89. The Balaban J connectivity index is 1.61. The number of rotatable bonds is 8. The number of carbonyl (C=O) groups excluding carboxylic acids is 2. The third-order valence-corrected chi connectivity index (χ3v) is 5.89. The minimum absolute atomic E-state index is 0.0591. The molecule has 34 heavy (non-hydrogen) atoms. The Hall–Kier alpha value is -3.87. The van der Waals surface area contributed by atoms with E-state index >= 15 is 0 Å². The first-order valence-corrected chi connectivity index (χ1v) is 11.4. The zero-order chi connectivity index (χ0) is 24.1. The monoisotopic (exact) mass is 459 g/mol. The summed E-state index contributed by atoms with van der Waals surface area (Å²) in [6.45, 7) is 4.61. The van der Waals surface area contributed by atoms with E-state index in [0.717, 1.165) is 22.4 Å². The highest BCUT2D eigenvalue weighted by molar-refractivity contribution is 6.03. The lowest BCUT2D eigenvalue weighted by atomic mass is 10.1. The molecule has 0 saturated carbocycles. The second-order valence-corrected chi connectivity index (χ2v) is 8.36. The molecule has 1 atom stereocenters. The van der Waals surface area contributed by atoms with Gasteiger partial charge in [-0.15, -0.1) is 0 Å². The van der Waals surface area contributed by atoms with E-state index in [1.165, 1.54) is 0 Å². The Morgan fingerprint density at radius 2 is 1.74 bits per heavy atom. The van der Waals surface area contributed by atoms with E-state index in [-0.39, 0.29) is 18.4 Å². The van der Waals surface area contributed by atoms with Crippen molar-refractivity contribution in [1.29, 1.82) is 0 Å². The van der Waals surface area contributed by atoms with Gasteiger partial charge in [-0.3, -0.25) is 19.5 Å². The molecule has 7 nitrogen and oxygen atoms in total. The summed E-state index contributed by atoms with van der Waals surface area (Å²) in [5.41, 5.74) is 3.57. The quantitative estimate of drug-likeness (QED) is 0.507. The van der Waals surface area contributed by atoms with E-state index in [0.29, 0.717) is 30.9 Å². The minimum atomic E-state index is -0.599. The van der Waals surface area contributed by atoms with Crippen molar-refractivity contribution in [3.8, 4) is 11.5 Å². The maximum absolute atomic E-state index is 13.6. The smallest absolute Gasteiger partial charge is 0.268 e. The average molecular weight is 460 g/mol. The molecular formula is C27H29N3O4. The van der Waals surface area contributed by atoms with Crippen molar-refractivity contribution in [2.24, 2.45) is 0 Å². The lowest BCUT2D eigenvalue weighted by Gasteiger charge is -2.35. The van der Waals surface area contributed by atoms with Crippen molar-refractivity contribution in [2.45, 2.75) is 39.5 Å². The van der Waals surface area contributed by atoms with Crippen LogP contribution in [-0.4, -0.2) is 41.5 Å². The maximum Gasteiger partial charge on any atom is 0.268 e. The van der Waals surface area contributed by atoms with Crippen molar-refractivity contribution < 1.29 is 19.1 Å². The molecule has 0 saturated heterocycles. The number of nitrogens with zero attached hydrogens (tertiary/aromatic N) is 3. The summed E-state index contributed by atoms with van der Waals surface area (Å²) >= 11 is 0. The van der Waals surface area contributed by atoms with Gasteiger partial charge in [0.1, 0.15) is 18.0 Å². The fourth-order valence-electron chi connectivity index (χ4n) is 3.98. The first-order valence-electron chi connectivity index (χ1n) is 11.4. The molecule has 0 radical (unpaired) electrons. The second kappa shape index (κ2) is 10.4. The van der Waals surface area contributed by atoms with Crippen LogP contribution >= 0.6 is 0 Å². The molecule has 1 unspecified atom stereocenters. The van der Waals surface area contributed by atoms with Gasteiger partial charge in [-0.05, 0) is 66.4 Å². The van der Waals surface area contributed by atoms with Crippen molar-refractivity contribution >= 4 is 17.5 Å². The van der Waals surface area contributed by atoms with Crippen molar-refractivity contribution in [3.63, 3.8) is 0 Å². The normalized spacial score (nSPS) is 14.9. The molecule has 0 spiro atoms. The van der Waals surface area contributed by atoms with Gasteiger partial charge in [0, 0.05) is 25.5 Å². The summed E-state index contributed by atoms with van der Waals surface area (Å²) < 4.78 is 11.1. The number of anilines is 1. The molecule has 7 heteroatoms. The van der Waals surface area contributed by atoms with E-state index in [1.807, 2.05) is 68.4 Å². The molecule has 3 aromatic rings. The number of carbonyl (C=O) groups is 2. The molecule has 1 aliphatic rings. The maximum atomic E-state index is 13.6. The Kier molecular flexibility index (Phi) is 7.11. The summed E-state index contributed by atoms with van der Waals surface area (Å²) in [6.07, 6.45) is 3.35. The van der Waals surface area contributed by atoms with Gasteiger partial charge >= 0.3 is 0 Å². The number of hydrogen-bond acceptors (Lipinski definition) is 5.